The molecule has 5 aromatic rings. The number of methoxy groups -OCH3 is 1. The van der Waals surface area contributed by atoms with E-state index < -0.39 is 34.7 Å². The first-order valence-corrected chi connectivity index (χ1v) is 17.0. The first kappa shape index (κ1) is 33.4. The van der Waals surface area contributed by atoms with Crippen LogP contribution in [0, 0.1) is 23.4 Å². The summed E-state index contributed by atoms with van der Waals surface area (Å²) in [6.07, 6.45) is 7.36. The maximum Gasteiger partial charge on any atom is 0.254 e. The number of pyridine rings is 1. The molecule has 260 valence electrons. The number of benzene rings is 3. The van der Waals surface area contributed by atoms with Crippen molar-refractivity contribution in [3.8, 4) is 22.6 Å². The highest BCUT2D eigenvalue weighted by molar-refractivity contribution is 5.94. The summed E-state index contributed by atoms with van der Waals surface area (Å²) in [5.74, 6) is -4.12. The van der Waals surface area contributed by atoms with Crippen molar-refractivity contribution in [2.75, 3.05) is 44.7 Å². The van der Waals surface area contributed by atoms with Crippen molar-refractivity contribution >= 4 is 22.6 Å². The Labute approximate surface area is 288 Å². The smallest absolute Gasteiger partial charge is 0.254 e. The molecule has 0 atom stereocenters. The number of hydrogen-bond donors (Lipinski definition) is 2. The lowest BCUT2D eigenvalue weighted by Gasteiger charge is -2.28. The van der Waals surface area contributed by atoms with Gasteiger partial charge in [-0.25, -0.2) is 13.8 Å². The van der Waals surface area contributed by atoms with E-state index in [9.17, 15) is 18.0 Å². The average Bonchev–Trinajstić information content (AvgIpc) is 3.60. The molecule has 0 bridgehead atoms. The maximum atomic E-state index is 14.9. The third-order valence-corrected chi connectivity index (χ3v) is 9.69. The van der Waals surface area contributed by atoms with E-state index in [1.807, 2.05) is 10.9 Å². The van der Waals surface area contributed by atoms with E-state index in [0.29, 0.717) is 17.4 Å². The number of carbonyl (C=O) groups excluding carboxylic acids is 1. The number of rotatable bonds is 10. The molecule has 1 aliphatic heterocycles. The summed E-state index contributed by atoms with van der Waals surface area (Å²) < 4.78 is 56.9. The van der Waals surface area contributed by atoms with Crippen LogP contribution >= 0.6 is 0 Å². The van der Waals surface area contributed by atoms with Crippen molar-refractivity contribution in [2.24, 2.45) is 5.92 Å². The molecule has 7 rings (SSSR count). The molecule has 50 heavy (non-hydrogen) atoms. The summed E-state index contributed by atoms with van der Waals surface area (Å²) in [5, 5.41) is 12.0. The molecule has 2 fully saturated rings. The summed E-state index contributed by atoms with van der Waals surface area (Å²) in [5.41, 5.74) is 2.94. The third-order valence-electron chi connectivity index (χ3n) is 9.69. The van der Waals surface area contributed by atoms with Crippen molar-refractivity contribution in [3.63, 3.8) is 0 Å². The second kappa shape index (κ2) is 14.8. The molecular formula is C38H39F3N6O3. The zero-order chi connectivity index (χ0) is 34.6. The number of halogens is 3. The van der Waals surface area contributed by atoms with Gasteiger partial charge < -0.3 is 25.0 Å². The van der Waals surface area contributed by atoms with Crippen LogP contribution in [-0.4, -0.2) is 60.5 Å². The molecule has 1 amide bonds. The van der Waals surface area contributed by atoms with Crippen LogP contribution in [0.5, 0.6) is 11.5 Å². The summed E-state index contributed by atoms with van der Waals surface area (Å²) in [6.45, 7) is 3.92. The van der Waals surface area contributed by atoms with Crippen molar-refractivity contribution in [2.45, 2.75) is 38.3 Å². The fourth-order valence-corrected chi connectivity index (χ4v) is 6.74. The topological polar surface area (TPSA) is 93.5 Å². The average molecular weight is 685 g/mol. The molecule has 3 aromatic carbocycles. The maximum absolute atomic E-state index is 14.9. The summed E-state index contributed by atoms with van der Waals surface area (Å²) in [4.78, 5) is 19.8. The van der Waals surface area contributed by atoms with E-state index in [1.54, 1.807) is 24.3 Å². The Bertz CT molecular complexity index is 1950. The first-order valence-electron chi connectivity index (χ1n) is 17.0. The molecule has 0 unspecified atom stereocenters. The van der Waals surface area contributed by atoms with Gasteiger partial charge in [-0.2, -0.15) is 9.49 Å². The fraction of sp³-hybridized carbons (Fsp3) is 0.342. The second-order valence-corrected chi connectivity index (χ2v) is 12.9. The van der Waals surface area contributed by atoms with E-state index in [0.717, 1.165) is 79.7 Å². The number of anilines is 1. The second-order valence-electron chi connectivity index (χ2n) is 12.9. The lowest BCUT2D eigenvalue weighted by atomic mass is 9.86. The van der Waals surface area contributed by atoms with Gasteiger partial charge in [0.05, 0.1) is 24.2 Å². The molecule has 1 saturated carbocycles. The number of fused-ring (bicyclic) bond motifs is 1. The SMILES string of the molecule is COc1ccc(COc2c(F)cc(C(=O)NCC3CCC(n4cc5ccc(-c6ccc(N7CCNCC7)nc6)cc5n4)CC3)c(F)c2F)cc1. The van der Waals surface area contributed by atoms with Crippen molar-refractivity contribution < 1.29 is 27.4 Å². The highest BCUT2D eigenvalue weighted by Crippen LogP contribution is 2.34. The Morgan fingerprint density at radius 3 is 2.42 bits per heavy atom. The zero-order valence-corrected chi connectivity index (χ0v) is 27.8. The van der Waals surface area contributed by atoms with Gasteiger partial charge in [-0.05, 0) is 79.1 Å². The molecule has 2 N–H and O–H groups in total. The Morgan fingerprint density at radius 1 is 0.940 bits per heavy atom. The molecule has 1 aliphatic carbocycles. The Balaban J connectivity index is 0.920. The van der Waals surface area contributed by atoms with Gasteiger partial charge >= 0.3 is 0 Å². The van der Waals surface area contributed by atoms with E-state index in [4.69, 9.17) is 19.6 Å². The normalized spacial score (nSPS) is 17.9. The van der Waals surface area contributed by atoms with Crippen LogP contribution in [0.3, 0.4) is 0 Å². The number of hydrogen-bond acceptors (Lipinski definition) is 7. The van der Waals surface area contributed by atoms with Gasteiger partial charge in [0.25, 0.3) is 5.91 Å². The predicted octanol–water partition coefficient (Wildman–Crippen LogP) is 6.67. The Morgan fingerprint density at radius 2 is 1.70 bits per heavy atom. The molecule has 0 spiro atoms. The molecule has 12 heteroatoms. The van der Waals surface area contributed by atoms with E-state index in [1.165, 1.54) is 7.11 Å². The number of nitrogens with zero attached hydrogens (tertiary/aromatic N) is 4. The van der Waals surface area contributed by atoms with Crippen molar-refractivity contribution in [1.82, 2.24) is 25.4 Å². The molecule has 3 heterocycles. The fourth-order valence-electron chi connectivity index (χ4n) is 6.74. The molecule has 9 nitrogen and oxygen atoms in total. The number of ether oxygens (including phenoxy) is 2. The van der Waals surface area contributed by atoms with Crippen LogP contribution in [0.4, 0.5) is 19.0 Å². The van der Waals surface area contributed by atoms with Gasteiger partial charge in [0, 0.05) is 56.1 Å². The van der Waals surface area contributed by atoms with Gasteiger partial charge in [-0.3, -0.25) is 9.48 Å². The standard InChI is InChI=1S/C38H39F3N6O3/c1-49-30-11-4-25(5-12-30)23-50-37-32(39)19-31(35(40)36(37)41)38(48)44-20-24-2-9-29(10-3-24)47-22-28-7-6-26(18-33(28)45-47)27-8-13-34(43-21-27)46-16-14-42-15-17-46/h4-8,11-13,18-19,21-22,24,29,42H,2-3,9-10,14-17,20,23H2,1H3,(H,44,48). The van der Waals surface area contributed by atoms with Crippen molar-refractivity contribution in [3.05, 3.63) is 102 Å². The predicted molar refractivity (Wildman–Crippen MR) is 185 cm³/mol. The van der Waals surface area contributed by atoms with E-state index in [2.05, 4.69) is 52.1 Å². The lowest BCUT2D eigenvalue weighted by Crippen LogP contribution is -2.43. The van der Waals surface area contributed by atoms with Crippen molar-refractivity contribution in [1.29, 1.82) is 0 Å². The van der Waals surface area contributed by atoms with Crippen LogP contribution in [-0.2, 0) is 6.61 Å². The summed E-state index contributed by atoms with van der Waals surface area (Å²) in [7, 11) is 1.52. The lowest BCUT2D eigenvalue weighted by molar-refractivity contribution is 0.0935. The molecule has 2 aromatic heterocycles. The molecule has 1 saturated heterocycles. The summed E-state index contributed by atoms with van der Waals surface area (Å²) >= 11 is 0. The zero-order valence-electron chi connectivity index (χ0n) is 27.8. The van der Waals surface area contributed by atoms with Crippen LogP contribution in [0.1, 0.15) is 47.6 Å². The van der Waals surface area contributed by atoms with Gasteiger partial charge in [-0.1, -0.05) is 24.3 Å². The highest BCUT2D eigenvalue weighted by atomic mass is 19.2. The first-order chi connectivity index (χ1) is 24.4. The number of amides is 1. The number of carbonyl (C=O) groups is 1. The number of aromatic nitrogens is 3. The molecule has 2 aliphatic rings. The molecular weight excluding hydrogens is 645 g/mol. The Hall–Kier alpha value is -5.10. The van der Waals surface area contributed by atoms with Gasteiger partial charge in [-0.15, -0.1) is 0 Å². The number of piperazine rings is 1. The number of nitrogens with one attached hydrogen (secondary N) is 2. The van der Waals surface area contributed by atoms with Crippen LogP contribution in [0.2, 0.25) is 0 Å². The van der Waals surface area contributed by atoms with Crippen LogP contribution < -0.4 is 25.0 Å². The van der Waals surface area contributed by atoms with Crippen LogP contribution in [0.25, 0.3) is 22.0 Å². The highest BCUT2D eigenvalue weighted by Gasteiger charge is 2.27. The van der Waals surface area contributed by atoms with Gasteiger partial charge in [0.1, 0.15) is 18.2 Å². The monoisotopic (exact) mass is 684 g/mol. The van der Waals surface area contributed by atoms with Crippen LogP contribution in [0.15, 0.2) is 73.1 Å². The summed E-state index contributed by atoms with van der Waals surface area (Å²) in [6, 6.07) is 18.0. The van der Waals surface area contributed by atoms with E-state index in [-0.39, 0.29) is 25.1 Å². The van der Waals surface area contributed by atoms with Gasteiger partial charge in [0.2, 0.25) is 5.82 Å². The molecule has 0 radical (unpaired) electrons. The quantitative estimate of drug-likeness (QED) is 0.159. The van der Waals surface area contributed by atoms with Gasteiger partial charge in [0.15, 0.2) is 17.4 Å². The third kappa shape index (κ3) is 7.25. The minimum atomic E-state index is -1.54. The minimum absolute atomic E-state index is 0.147. The van der Waals surface area contributed by atoms with E-state index >= 15 is 0 Å². The minimum Gasteiger partial charge on any atom is -0.497 e. The Kier molecular flexibility index (Phi) is 9.88. The largest absolute Gasteiger partial charge is 0.497 e.